The molecule has 3 rings (SSSR count). The molecule has 0 bridgehead atoms. The van der Waals surface area contributed by atoms with Gasteiger partial charge < -0.3 is 19.5 Å². The first-order valence-electron chi connectivity index (χ1n) is 7.39. The Morgan fingerprint density at radius 2 is 1.82 bits per heavy atom. The SMILES string of the molecule is COc1ccc2c(c1)CCNC2c1cccc(OC)c1OC. The fraction of sp³-hybridized carbons (Fsp3) is 0.333. The average Bonchev–Trinajstić information content (AvgIpc) is 2.59. The van der Waals surface area contributed by atoms with E-state index >= 15 is 0 Å². The van der Waals surface area contributed by atoms with Crippen molar-refractivity contribution in [2.45, 2.75) is 12.5 Å². The van der Waals surface area contributed by atoms with Crippen molar-refractivity contribution in [2.75, 3.05) is 27.9 Å². The molecule has 1 unspecified atom stereocenters. The Labute approximate surface area is 131 Å². The summed E-state index contributed by atoms with van der Waals surface area (Å²) in [4.78, 5) is 0. The molecule has 22 heavy (non-hydrogen) atoms. The lowest BCUT2D eigenvalue weighted by atomic mass is 9.89. The molecule has 0 fully saturated rings. The van der Waals surface area contributed by atoms with Crippen molar-refractivity contribution in [3.63, 3.8) is 0 Å². The number of hydrogen-bond acceptors (Lipinski definition) is 4. The van der Waals surface area contributed by atoms with E-state index in [-0.39, 0.29) is 6.04 Å². The number of fused-ring (bicyclic) bond motifs is 1. The molecule has 0 radical (unpaired) electrons. The van der Waals surface area contributed by atoms with Crippen LogP contribution in [-0.4, -0.2) is 27.9 Å². The van der Waals surface area contributed by atoms with Crippen LogP contribution in [0.5, 0.6) is 17.2 Å². The molecule has 0 aliphatic carbocycles. The van der Waals surface area contributed by atoms with E-state index in [1.54, 1.807) is 21.3 Å². The van der Waals surface area contributed by atoms with Gasteiger partial charge in [-0.1, -0.05) is 18.2 Å². The van der Waals surface area contributed by atoms with Crippen molar-refractivity contribution in [3.8, 4) is 17.2 Å². The number of ether oxygens (including phenoxy) is 3. The van der Waals surface area contributed by atoms with Crippen LogP contribution < -0.4 is 19.5 Å². The van der Waals surface area contributed by atoms with Crippen molar-refractivity contribution in [1.29, 1.82) is 0 Å². The number of hydrogen-bond donors (Lipinski definition) is 1. The van der Waals surface area contributed by atoms with E-state index in [0.29, 0.717) is 0 Å². The molecule has 0 saturated carbocycles. The number of methoxy groups -OCH3 is 3. The Balaban J connectivity index is 2.08. The van der Waals surface area contributed by atoms with Crippen LogP contribution in [0.25, 0.3) is 0 Å². The summed E-state index contributed by atoms with van der Waals surface area (Å²) >= 11 is 0. The van der Waals surface area contributed by atoms with Gasteiger partial charge in [-0.05, 0) is 35.7 Å². The van der Waals surface area contributed by atoms with Gasteiger partial charge in [0.1, 0.15) is 5.75 Å². The van der Waals surface area contributed by atoms with E-state index in [9.17, 15) is 0 Å². The lowest BCUT2D eigenvalue weighted by Gasteiger charge is -2.29. The summed E-state index contributed by atoms with van der Waals surface area (Å²) in [6.07, 6.45) is 0.995. The lowest BCUT2D eigenvalue weighted by molar-refractivity contribution is 0.348. The third-order valence-corrected chi connectivity index (χ3v) is 4.15. The highest BCUT2D eigenvalue weighted by atomic mass is 16.5. The predicted octanol–water partition coefficient (Wildman–Crippen LogP) is 2.95. The predicted molar refractivity (Wildman–Crippen MR) is 86.1 cm³/mol. The second-order valence-electron chi connectivity index (χ2n) is 5.28. The minimum Gasteiger partial charge on any atom is -0.497 e. The zero-order valence-electron chi connectivity index (χ0n) is 13.2. The first-order valence-corrected chi connectivity index (χ1v) is 7.39. The van der Waals surface area contributed by atoms with Gasteiger partial charge in [0, 0.05) is 12.1 Å². The highest BCUT2D eigenvalue weighted by Crippen LogP contribution is 2.39. The molecule has 4 heteroatoms. The summed E-state index contributed by atoms with van der Waals surface area (Å²) < 4.78 is 16.3. The zero-order valence-corrected chi connectivity index (χ0v) is 13.2. The van der Waals surface area contributed by atoms with Crippen LogP contribution in [0.4, 0.5) is 0 Å². The molecule has 0 amide bonds. The normalized spacial score (nSPS) is 16.8. The Hall–Kier alpha value is -2.20. The Kier molecular flexibility index (Phi) is 4.20. The Morgan fingerprint density at radius 1 is 0.955 bits per heavy atom. The quantitative estimate of drug-likeness (QED) is 0.942. The van der Waals surface area contributed by atoms with Crippen LogP contribution in [0.2, 0.25) is 0 Å². The van der Waals surface area contributed by atoms with Crippen LogP contribution in [0.1, 0.15) is 22.7 Å². The molecule has 4 nitrogen and oxygen atoms in total. The van der Waals surface area contributed by atoms with E-state index in [1.807, 2.05) is 18.2 Å². The van der Waals surface area contributed by atoms with Gasteiger partial charge in [-0.25, -0.2) is 0 Å². The highest BCUT2D eigenvalue weighted by Gasteiger charge is 2.25. The molecule has 116 valence electrons. The van der Waals surface area contributed by atoms with E-state index in [1.165, 1.54) is 11.1 Å². The van der Waals surface area contributed by atoms with Gasteiger partial charge in [0.2, 0.25) is 0 Å². The maximum atomic E-state index is 5.59. The molecule has 2 aromatic carbocycles. The van der Waals surface area contributed by atoms with Crippen molar-refractivity contribution < 1.29 is 14.2 Å². The largest absolute Gasteiger partial charge is 0.497 e. The van der Waals surface area contributed by atoms with Crippen molar-refractivity contribution in [1.82, 2.24) is 5.32 Å². The smallest absolute Gasteiger partial charge is 0.165 e. The molecular weight excluding hydrogens is 278 g/mol. The van der Waals surface area contributed by atoms with Gasteiger partial charge in [-0.15, -0.1) is 0 Å². The number of para-hydroxylation sites is 1. The van der Waals surface area contributed by atoms with Crippen molar-refractivity contribution in [2.24, 2.45) is 0 Å². The number of rotatable bonds is 4. The maximum absolute atomic E-state index is 5.59. The molecule has 1 heterocycles. The molecular formula is C18H21NO3. The van der Waals surface area contributed by atoms with Gasteiger partial charge in [0.15, 0.2) is 11.5 Å². The van der Waals surface area contributed by atoms with Crippen LogP contribution in [0, 0.1) is 0 Å². The first kappa shape index (κ1) is 14.7. The Morgan fingerprint density at radius 3 is 2.55 bits per heavy atom. The summed E-state index contributed by atoms with van der Waals surface area (Å²) in [6.45, 7) is 0.922. The standard InChI is InChI=1S/C18H21NO3/c1-20-13-7-8-14-12(11-13)9-10-19-17(14)15-5-4-6-16(21-2)18(15)22-3/h4-8,11,17,19H,9-10H2,1-3H3. The summed E-state index contributed by atoms with van der Waals surface area (Å²) in [5, 5.41) is 3.58. The summed E-state index contributed by atoms with van der Waals surface area (Å²) in [5.41, 5.74) is 3.67. The molecule has 0 aromatic heterocycles. The fourth-order valence-corrected chi connectivity index (χ4v) is 3.09. The molecule has 1 N–H and O–H groups in total. The fourth-order valence-electron chi connectivity index (χ4n) is 3.09. The molecule has 1 atom stereocenters. The highest BCUT2D eigenvalue weighted by molar-refractivity contribution is 5.53. The molecule has 2 aromatic rings. The summed E-state index contributed by atoms with van der Waals surface area (Å²) in [7, 11) is 5.04. The van der Waals surface area contributed by atoms with E-state index < -0.39 is 0 Å². The van der Waals surface area contributed by atoms with E-state index in [2.05, 4.69) is 23.5 Å². The molecule has 1 aliphatic rings. The van der Waals surface area contributed by atoms with Crippen LogP contribution in [0.15, 0.2) is 36.4 Å². The average molecular weight is 299 g/mol. The molecule has 0 saturated heterocycles. The van der Waals surface area contributed by atoms with Crippen molar-refractivity contribution >= 4 is 0 Å². The van der Waals surface area contributed by atoms with Gasteiger partial charge in [0.05, 0.1) is 27.4 Å². The summed E-state index contributed by atoms with van der Waals surface area (Å²) in [6, 6.07) is 12.3. The van der Waals surface area contributed by atoms with E-state index in [0.717, 1.165) is 35.8 Å². The van der Waals surface area contributed by atoms with Gasteiger partial charge in [0.25, 0.3) is 0 Å². The van der Waals surface area contributed by atoms with Gasteiger partial charge in [-0.2, -0.15) is 0 Å². The van der Waals surface area contributed by atoms with Crippen LogP contribution in [-0.2, 0) is 6.42 Å². The van der Waals surface area contributed by atoms with Gasteiger partial charge in [-0.3, -0.25) is 0 Å². The third kappa shape index (κ3) is 2.50. The second-order valence-corrected chi connectivity index (χ2v) is 5.28. The van der Waals surface area contributed by atoms with Gasteiger partial charge >= 0.3 is 0 Å². The molecule has 1 aliphatic heterocycles. The molecule has 0 spiro atoms. The summed E-state index contributed by atoms with van der Waals surface area (Å²) in [5.74, 6) is 2.44. The first-order chi connectivity index (χ1) is 10.8. The maximum Gasteiger partial charge on any atom is 0.165 e. The number of benzene rings is 2. The number of nitrogens with one attached hydrogen (secondary N) is 1. The van der Waals surface area contributed by atoms with E-state index in [4.69, 9.17) is 14.2 Å². The minimum absolute atomic E-state index is 0.0970. The minimum atomic E-state index is 0.0970. The topological polar surface area (TPSA) is 39.7 Å². The Bertz CT molecular complexity index is 669. The monoisotopic (exact) mass is 299 g/mol. The zero-order chi connectivity index (χ0) is 15.5. The van der Waals surface area contributed by atoms with Crippen LogP contribution >= 0.6 is 0 Å². The third-order valence-electron chi connectivity index (χ3n) is 4.15. The second kappa shape index (κ2) is 6.28. The van der Waals surface area contributed by atoms with Crippen molar-refractivity contribution in [3.05, 3.63) is 53.1 Å². The lowest BCUT2D eigenvalue weighted by Crippen LogP contribution is -2.30. The van der Waals surface area contributed by atoms with Crippen LogP contribution in [0.3, 0.4) is 0 Å².